The van der Waals surface area contributed by atoms with Gasteiger partial charge in [0.2, 0.25) is 5.82 Å². The highest BCUT2D eigenvalue weighted by Gasteiger charge is 2.14. The molecule has 0 saturated heterocycles. The lowest BCUT2D eigenvalue weighted by Gasteiger charge is -2.06. The molecule has 4 aromatic heterocycles. The SMILES string of the molecule is Cc1ccc(OCc2ccc(-c3nc4c5ccsc5ncn4n3)o2)cc1C. The molecule has 0 aliphatic heterocycles. The molecule has 27 heavy (non-hydrogen) atoms. The summed E-state index contributed by atoms with van der Waals surface area (Å²) in [4.78, 5) is 9.95. The summed E-state index contributed by atoms with van der Waals surface area (Å²) < 4.78 is 13.4. The molecule has 0 fully saturated rings. The smallest absolute Gasteiger partial charge is 0.217 e. The second-order valence-electron chi connectivity index (χ2n) is 6.39. The van der Waals surface area contributed by atoms with Crippen LogP contribution in [0.1, 0.15) is 16.9 Å². The van der Waals surface area contributed by atoms with Crippen LogP contribution in [-0.4, -0.2) is 19.6 Å². The predicted molar refractivity (Wildman–Crippen MR) is 104 cm³/mol. The maximum absolute atomic E-state index is 5.89. The minimum absolute atomic E-state index is 0.353. The number of furan rings is 1. The summed E-state index contributed by atoms with van der Waals surface area (Å²) in [5.41, 5.74) is 3.23. The predicted octanol–water partition coefficient (Wildman–Crippen LogP) is 4.79. The maximum atomic E-state index is 5.89. The third kappa shape index (κ3) is 2.86. The lowest BCUT2D eigenvalue weighted by molar-refractivity contribution is 0.271. The van der Waals surface area contributed by atoms with Crippen molar-refractivity contribution in [2.45, 2.75) is 20.5 Å². The Morgan fingerprint density at radius 1 is 1.11 bits per heavy atom. The van der Waals surface area contributed by atoms with Gasteiger partial charge in [0.15, 0.2) is 11.4 Å². The number of hydrogen-bond acceptors (Lipinski definition) is 6. The van der Waals surface area contributed by atoms with E-state index in [1.807, 2.05) is 35.7 Å². The molecule has 0 radical (unpaired) electrons. The minimum atomic E-state index is 0.353. The molecule has 134 valence electrons. The minimum Gasteiger partial charge on any atom is -0.486 e. The van der Waals surface area contributed by atoms with Crippen LogP contribution in [0.25, 0.3) is 27.4 Å². The van der Waals surface area contributed by atoms with Crippen LogP contribution in [-0.2, 0) is 6.61 Å². The fourth-order valence-corrected chi connectivity index (χ4v) is 3.63. The van der Waals surface area contributed by atoms with Crippen LogP contribution < -0.4 is 4.74 Å². The molecule has 0 atom stereocenters. The zero-order chi connectivity index (χ0) is 18.4. The maximum Gasteiger partial charge on any atom is 0.217 e. The largest absolute Gasteiger partial charge is 0.486 e. The lowest BCUT2D eigenvalue weighted by Crippen LogP contribution is -1.94. The Morgan fingerprint density at radius 2 is 2.04 bits per heavy atom. The van der Waals surface area contributed by atoms with Crippen LogP contribution in [0, 0.1) is 13.8 Å². The fraction of sp³-hybridized carbons (Fsp3) is 0.150. The van der Waals surface area contributed by atoms with Gasteiger partial charge in [0.1, 0.15) is 29.3 Å². The van der Waals surface area contributed by atoms with E-state index in [4.69, 9.17) is 9.15 Å². The average molecular weight is 376 g/mol. The van der Waals surface area contributed by atoms with E-state index in [9.17, 15) is 0 Å². The van der Waals surface area contributed by atoms with Crippen molar-refractivity contribution >= 4 is 27.2 Å². The monoisotopic (exact) mass is 376 g/mol. The van der Waals surface area contributed by atoms with Crippen LogP contribution >= 0.6 is 11.3 Å². The first-order valence-electron chi connectivity index (χ1n) is 8.55. The van der Waals surface area contributed by atoms with Gasteiger partial charge in [0.25, 0.3) is 0 Å². The van der Waals surface area contributed by atoms with E-state index in [1.54, 1.807) is 22.2 Å². The lowest BCUT2D eigenvalue weighted by atomic mass is 10.1. The summed E-state index contributed by atoms with van der Waals surface area (Å²) in [5.74, 6) is 2.70. The van der Waals surface area contributed by atoms with Crippen LogP contribution in [0.15, 0.2) is 52.5 Å². The summed E-state index contributed by atoms with van der Waals surface area (Å²) in [6.45, 7) is 4.51. The average Bonchev–Trinajstić information content (AvgIpc) is 3.40. The topological polar surface area (TPSA) is 65.5 Å². The Balaban J connectivity index is 1.40. The number of aromatic nitrogens is 4. The molecule has 7 heteroatoms. The molecule has 5 aromatic rings. The molecular formula is C20H16N4O2S. The van der Waals surface area contributed by atoms with Crippen molar-refractivity contribution in [3.8, 4) is 17.3 Å². The van der Waals surface area contributed by atoms with E-state index in [0.717, 1.165) is 27.4 Å². The van der Waals surface area contributed by atoms with E-state index < -0.39 is 0 Å². The van der Waals surface area contributed by atoms with Gasteiger partial charge in [0.05, 0.1) is 5.39 Å². The van der Waals surface area contributed by atoms with Crippen molar-refractivity contribution < 1.29 is 9.15 Å². The summed E-state index contributed by atoms with van der Waals surface area (Å²) in [6, 6.07) is 11.8. The molecule has 0 bridgehead atoms. The van der Waals surface area contributed by atoms with E-state index >= 15 is 0 Å². The van der Waals surface area contributed by atoms with E-state index in [-0.39, 0.29) is 0 Å². The summed E-state index contributed by atoms with van der Waals surface area (Å²) in [6.07, 6.45) is 1.68. The van der Waals surface area contributed by atoms with Gasteiger partial charge in [0, 0.05) is 0 Å². The molecule has 4 heterocycles. The van der Waals surface area contributed by atoms with E-state index in [0.29, 0.717) is 18.2 Å². The molecule has 0 saturated carbocycles. The van der Waals surface area contributed by atoms with Gasteiger partial charge in [-0.2, -0.15) is 0 Å². The number of ether oxygens (including phenoxy) is 1. The Morgan fingerprint density at radius 3 is 2.93 bits per heavy atom. The zero-order valence-corrected chi connectivity index (χ0v) is 15.7. The number of nitrogens with zero attached hydrogens (tertiary/aromatic N) is 4. The van der Waals surface area contributed by atoms with Crippen molar-refractivity contribution in [1.82, 2.24) is 19.6 Å². The Labute approximate surface area is 159 Å². The standard InChI is InChI=1S/C20H16N4O2S/c1-12-3-4-14(9-13(12)2)25-10-15-5-6-17(26-15)18-22-19-16-7-8-27-20(16)21-11-24(19)23-18/h3-9,11H,10H2,1-2H3. The number of aryl methyl sites for hydroxylation is 2. The normalized spacial score (nSPS) is 11.5. The summed E-state index contributed by atoms with van der Waals surface area (Å²) in [7, 11) is 0. The number of benzene rings is 1. The molecule has 0 spiro atoms. The second kappa shape index (κ2) is 6.21. The quantitative estimate of drug-likeness (QED) is 0.451. The zero-order valence-electron chi connectivity index (χ0n) is 14.8. The Hall–Kier alpha value is -3.19. The molecule has 0 aliphatic carbocycles. The molecule has 0 aliphatic rings. The third-order valence-electron chi connectivity index (χ3n) is 4.54. The molecule has 1 aromatic carbocycles. The number of thiophene rings is 1. The van der Waals surface area contributed by atoms with Crippen LogP contribution in [0.5, 0.6) is 5.75 Å². The Kier molecular flexibility index (Phi) is 3.68. The van der Waals surface area contributed by atoms with Gasteiger partial charge in [-0.1, -0.05) is 6.07 Å². The van der Waals surface area contributed by atoms with E-state index in [1.165, 1.54) is 11.1 Å². The number of rotatable bonds is 4. The first-order valence-corrected chi connectivity index (χ1v) is 9.43. The highest BCUT2D eigenvalue weighted by molar-refractivity contribution is 7.16. The van der Waals surface area contributed by atoms with Crippen molar-refractivity contribution in [3.63, 3.8) is 0 Å². The van der Waals surface area contributed by atoms with Gasteiger partial charge in [-0.25, -0.2) is 14.5 Å². The number of fused-ring (bicyclic) bond motifs is 3. The van der Waals surface area contributed by atoms with Gasteiger partial charge < -0.3 is 9.15 Å². The first kappa shape index (κ1) is 16.0. The first-order chi connectivity index (χ1) is 13.2. The summed E-state index contributed by atoms with van der Waals surface area (Å²) >= 11 is 1.59. The van der Waals surface area contributed by atoms with Gasteiger partial charge in [-0.15, -0.1) is 16.4 Å². The molecule has 0 unspecified atom stereocenters. The highest BCUT2D eigenvalue weighted by Crippen LogP contribution is 2.25. The van der Waals surface area contributed by atoms with Crippen molar-refractivity contribution in [2.24, 2.45) is 0 Å². The van der Waals surface area contributed by atoms with Crippen LogP contribution in [0.4, 0.5) is 0 Å². The molecule has 5 rings (SSSR count). The third-order valence-corrected chi connectivity index (χ3v) is 5.36. The number of hydrogen-bond donors (Lipinski definition) is 0. The fourth-order valence-electron chi connectivity index (χ4n) is 2.90. The molecular weight excluding hydrogens is 360 g/mol. The Bertz CT molecular complexity index is 1270. The summed E-state index contributed by atoms with van der Waals surface area (Å²) in [5, 5.41) is 7.47. The highest BCUT2D eigenvalue weighted by atomic mass is 32.1. The second-order valence-corrected chi connectivity index (χ2v) is 7.28. The van der Waals surface area contributed by atoms with Crippen LogP contribution in [0.2, 0.25) is 0 Å². The molecule has 0 amide bonds. The van der Waals surface area contributed by atoms with Crippen molar-refractivity contribution in [1.29, 1.82) is 0 Å². The van der Waals surface area contributed by atoms with Crippen molar-refractivity contribution in [3.05, 3.63) is 65.0 Å². The van der Waals surface area contributed by atoms with E-state index in [2.05, 4.69) is 35.0 Å². The van der Waals surface area contributed by atoms with Crippen LogP contribution in [0.3, 0.4) is 0 Å². The van der Waals surface area contributed by atoms with Gasteiger partial charge in [-0.3, -0.25) is 0 Å². The van der Waals surface area contributed by atoms with Gasteiger partial charge >= 0.3 is 0 Å². The molecule has 0 N–H and O–H groups in total. The van der Waals surface area contributed by atoms with Gasteiger partial charge in [-0.05, 0) is 60.7 Å². The van der Waals surface area contributed by atoms with Crippen molar-refractivity contribution in [2.75, 3.05) is 0 Å². The molecule has 6 nitrogen and oxygen atoms in total.